The molecule has 0 spiro atoms. The van der Waals surface area contributed by atoms with E-state index >= 15 is 0 Å². The molecule has 3 aromatic rings. The van der Waals surface area contributed by atoms with Gasteiger partial charge in [-0.1, -0.05) is 30.3 Å². The molecule has 0 aliphatic rings. The van der Waals surface area contributed by atoms with E-state index in [9.17, 15) is 13.2 Å². The topological polar surface area (TPSA) is 49.8 Å². The van der Waals surface area contributed by atoms with Crippen molar-refractivity contribution >= 4 is 17.5 Å². The maximum Gasteiger partial charge on any atom is 0.225 e. The van der Waals surface area contributed by atoms with Gasteiger partial charge in [-0.3, -0.25) is 0 Å². The van der Waals surface area contributed by atoms with Gasteiger partial charge in [0, 0.05) is 29.8 Å². The predicted octanol–water partition coefficient (Wildman–Crippen LogP) is 5.12. The summed E-state index contributed by atoms with van der Waals surface area (Å²) in [6.07, 6.45) is 0. The van der Waals surface area contributed by atoms with Gasteiger partial charge in [0.05, 0.1) is 5.69 Å². The molecule has 0 aliphatic heterocycles. The van der Waals surface area contributed by atoms with Crippen molar-refractivity contribution in [1.29, 1.82) is 0 Å². The van der Waals surface area contributed by atoms with Crippen molar-refractivity contribution in [2.24, 2.45) is 0 Å². The second kappa shape index (κ2) is 7.43. The molecule has 1 aromatic heterocycles. The van der Waals surface area contributed by atoms with Gasteiger partial charge < -0.3 is 10.6 Å². The Labute approximate surface area is 149 Å². The number of nitrogens with zero attached hydrogens (tertiary/aromatic N) is 2. The third-order valence-corrected chi connectivity index (χ3v) is 3.47. The van der Waals surface area contributed by atoms with Crippen molar-refractivity contribution < 1.29 is 13.2 Å². The van der Waals surface area contributed by atoms with Crippen LogP contribution < -0.4 is 10.6 Å². The number of halogens is 3. The van der Waals surface area contributed by atoms with Gasteiger partial charge in [-0.05, 0) is 13.8 Å². The molecule has 0 bridgehead atoms. The molecule has 0 atom stereocenters. The number of anilines is 3. The molecular weight excluding hydrogens is 341 g/mol. The van der Waals surface area contributed by atoms with Crippen molar-refractivity contribution in [2.75, 3.05) is 10.6 Å². The maximum absolute atomic E-state index is 13.9. The Morgan fingerprint density at radius 1 is 0.885 bits per heavy atom. The fourth-order valence-corrected chi connectivity index (χ4v) is 2.38. The van der Waals surface area contributed by atoms with Crippen LogP contribution >= 0.6 is 0 Å². The summed E-state index contributed by atoms with van der Waals surface area (Å²) in [5.41, 5.74) is 0.929. The zero-order chi connectivity index (χ0) is 18.7. The van der Waals surface area contributed by atoms with Crippen LogP contribution in [0, 0.1) is 17.5 Å². The van der Waals surface area contributed by atoms with Crippen LogP contribution in [0.3, 0.4) is 0 Å². The lowest BCUT2D eigenvalue weighted by atomic mass is 10.1. The van der Waals surface area contributed by atoms with Crippen LogP contribution in [0.5, 0.6) is 0 Å². The molecule has 2 N–H and O–H groups in total. The average Bonchev–Trinajstić information content (AvgIpc) is 2.58. The molecule has 0 saturated heterocycles. The Balaban J connectivity index is 2.03. The van der Waals surface area contributed by atoms with Crippen LogP contribution in [0.25, 0.3) is 11.3 Å². The van der Waals surface area contributed by atoms with Gasteiger partial charge in [0.1, 0.15) is 17.3 Å². The number of aromatic nitrogens is 2. The number of hydrogen-bond donors (Lipinski definition) is 2. The number of benzene rings is 2. The highest BCUT2D eigenvalue weighted by molar-refractivity contribution is 5.67. The zero-order valence-electron chi connectivity index (χ0n) is 14.2. The molecule has 0 fully saturated rings. The van der Waals surface area contributed by atoms with E-state index in [1.54, 1.807) is 6.07 Å². The van der Waals surface area contributed by atoms with Crippen LogP contribution in [0.1, 0.15) is 13.8 Å². The molecule has 26 heavy (non-hydrogen) atoms. The zero-order valence-corrected chi connectivity index (χ0v) is 14.2. The lowest BCUT2D eigenvalue weighted by Gasteiger charge is -2.14. The van der Waals surface area contributed by atoms with Gasteiger partial charge in [0.25, 0.3) is 0 Å². The molecule has 2 aromatic carbocycles. The van der Waals surface area contributed by atoms with Gasteiger partial charge in [-0.2, -0.15) is 4.98 Å². The predicted molar refractivity (Wildman–Crippen MR) is 95.8 cm³/mol. The summed E-state index contributed by atoms with van der Waals surface area (Å²) in [6, 6.07) is 12.2. The van der Waals surface area contributed by atoms with E-state index in [1.165, 1.54) is 0 Å². The standard InChI is InChI=1S/C19H17F3N4/c1-11(2)23-19-24-16(12-6-4-3-5-7-12)10-17(26-19)25-18-14(21)8-13(20)9-15(18)22/h3-11H,1-2H3,(H2,23,24,25,26). The van der Waals surface area contributed by atoms with E-state index in [0.29, 0.717) is 23.8 Å². The Morgan fingerprint density at radius 3 is 2.15 bits per heavy atom. The molecule has 0 saturated carbocycles. The van der Waals surface area contributed by atoms with Crippen molar-refractivity contribution in [3.8, 4) is 11.3 Å². The first-order chi connectivity index (χ1) is 12.4. The fraction of sp³-hybridized carbons (Fsp3) is 0.158. The quantitative estimate of drug-likeness (QED) is 0.664. The lowest BCUT2D eigenvalue weighted by Crippen LogP contribution is -2.13. The first-order valence-electron chi connectivity index (χ1n) is 8.05. The van der Waals surface area contributed by atoms with Crippen LogP contribution in [-0.2, 0) is 0 Å². The minimum absolute atomic E-state index is 0.0631. The van der Waals surface area contributed by atoms with E-state index in [4.69, 9.17) is 0 Å². The largest absolute Gasteiger partial charge is 0.352 e. The Bertz CT molecular complexity index is 891. The summed E-state index contributed by atoms with van der Waals surface area (Å²) < 4.78 is 41.0. The fourth-order valence-electron chi connectivity index (χ4n) is 2.38. The minimum Gasteiger partial charge on any atom is -0.352 e. The first kappa shape index (κ1) is 17.7. The third-order valence-electron chi connectivity index (χ3n) is 3.47. The number of rotatable bonds is 5. The summed E-state index contributed by atoms with van der Waals surface area (Å²) >= 11 is 0. The second-order valence-corrected chi connectivity index (χ2v) is 6.00. The molecule has 1 heterocycles. The summed E-state index contributed by atoms with van der Waals surface area (Å²) in [5, 5.41) is 5.65. The Hall–Kier alpha value is -3.09. The highest BCUT2D eigenvalue weighted by Gasteiger charge is 2.14. The van der Waals surface area contributed by atoms with Crippen LogP contribution in [0.4, 0.5) is 30.6 Å². The summed E-state index contributed by atoms with van der Waals surface area (Å²) in [4.78, 5) is 8.67. The van der Waals surface area contributed by atoms with Gasteiger partial charge in [0.15, 0.2) is 11.6 Å². The summed E-state index contributed by atoms with van der Waals surface area (Å²) in [7, 11) is 0. The minimum atomic E-state index is -1.04. The van der Waals surface area contributed by atoms with E-state index in [0.717, 1.165) is 5.56 Å². The smallest absolute Gasteiger partial charge is 0.225 e. The molecule has 0 aliphatic carbocycles. The van der Waals surface area contributed by atoms with E-state index in [1.807, 2.05) is 44.2 Å². The molecular formula is C19H17F3N4. The normalized spacial score (nSPS) is 10.8. The van der Waals surface area contributed by atoms with Gasteiger partial charge in [-0.15, -0.1) is 0 Å². The first-order valence-corrected chi connectivity index (χ1v) is 8.05. The Morgan fingerprint density at radius 2 is 1.54 bits per heavy atom. The molecule has 134 valence electrons. The number of hydrogen-bond acceptors (Lipinski definition) is 4. The highest BCUT2D eigenvalue weighted by Crippen LogP contribution is 2.27. The summed E-state index contributed by atoms with van der Waals surface area (Å²) in [5.74, 6) is -2.57. The summed E-state index contributed by atoms with van der Waals surface area (Å²) in [6.45, 7) is 3.84. The van der Waals surface area contributed by atoms with Crippen LogP contribution in [-0.4, -0.2) is 16.0 Å². The molecule has 0 radical (unpaired) electrons. The average molecular weight is 358 g/mol. The van der Waals surface area contributed by atoms with E-state index in [-0.39, 0.29) is 11.9 Å². The third kappa shape index (κ3) is 4.11. The molecule has 0 unspecified atom stereocenters. The van der Waals surface area contributed by atoms with Crippen LogP contribution in [0.2, 0.25) is 0 Å². The maximum atomic E-state index is 13.9. The molecule has 3 rings (SSSR count). The number of nitrogens with one attached hydrogen (secondary N) is 2. The van der Waals surface area contributed by atoms with E-state index < -0.39 is 23.1 Å². The van der Waals surface area contributed by atoms with Crippen molar-refractivity contribution in [3.63, 3.8) is 0 Å². The van der Waals surface area contributed by atoms with Crippen molar-refractivity contribution in [3.05, 3.63) is 66.0 Å². The Kier molecular flexibility index (Phi) is 5.06. The molecule has 4 nitrogen and oxygen atoms in total. The SMILES string of the molecule is CC(C)Nc1nc(Nc2c(F)cc(F)cc2F)cc(-c2ccccc2)n1. The van der Waals surface area contributed by atoms with Crippen molar-refractivity contribution in [1.82, 2.24) is 9.97 Å². The lowest BCUT2D eigenvalue weighted by molar-refractivity contribution is 0.548. The van der Waals surface area contributed by atoms with Gasteiger partial charge in [-0.25, -0.2) is 18.2 Å². The second-order valence-electron chi connectivity index (χ2n) is 6.00. The monoisotopic (exact) mass is 358 g/mol. The highest BCUT2D eigenvalue weighted by atomic mass is 19.1. The van der Waals surface area contributed by atoms with Gasteiger partial charge >= 0.3 is 0 Å². The molecule has 7 heteroatoms. The van der Waals surface area contributed by atoms with Crippen molar-refractivity contribution in [2.45, 2.75) is 19.9 Å². The molecule has 0 amide bonds. The van der Waals surface area contributed by atoms with Gasteiger partial charge in [0.2, 0.25) is 5.95 Å². The van der Waals surface area contributed by atoms with E-state index in [2.05, 4.69) is 20.6 Å². The van der Waals surface area contributed by atoms with Crippen LogP contribution in [0.15, 0.2) is 48.5 Å².